The summed E-state index contributed by atoms with van der Waals surface area (Å²) in [4.78, 5) is 24.5. The van der Waals surface area contributed by atoms with Gasteiger partial charge in [0.1, 0.15) is 10.9 Å². The van der Waals surface area contributed by atoms with Gasteiger partial charge in [0.25, 0.3) is 0 Å². The maximum atomic E-state index is 12.2. The summed E-state index contributed by atoms with van der Waals surface area (Å²) in [5, 5.41) is 6.05. The molecular formula is C21H18N4OS2. The third-order valence-electron chi connectivity index (χ3n) is 4.08. The second-order valence-corrected chi connectivity index (χ2v) is 8.03. The molecule has 2 N–H and O–H groups in total. The molecule has 2 aromatic carbocycles. The molecule has 0 aliphatic heterocycles. The highest BCUT2D eigenvalue weighted by atomic mass is 32.2. The molecule has 0 aliphatic carbocycles. The van der Waals surface area contributed by atoms with Crippen LogP contribution in [0.25, 0.3) is 22.6 Å². The molecule has 7 heteroatoms. The van der Waals surface area contributed by atoms with Gasteiger partial charge in [-0.05, 0) is 6.92 Å². The van der Waals surface area contributed by atoms with Crippen LogP contribution in [0.15, 0.2) is 71.2 Å². The highest BCUT2D eigenvalue weighted by Gasteiger charge is 2.16. The zero-order valence-corrected chi connectivity index (χ0v) is 16.8. The van der Waals surface area contributed by atoms with Gasteiger partial charge in [-0.25, -0.2) is 9.97 Å². The molecule has 0 unspecified atom stereocenters. The lowest BCUT2D eigenvalue weighted by Gasteiger charge is -2.04. The van der Waals surface area contributed by atoms with E-state index in [9.17, 15) is 4.79 Å². The summed E-state index contributed by atoms with van der Waals surface area (Å²) in [6.07, 6.45) is 1.67. The number of nitrogens with zero attached hydrogens (tertiary/aromatic N) is 2. The number of carbonyl (C=O) groups is 1. The number of aryl methyl sites for hydroxylation is 1. The Morgan fingerprint density at radius 1 is 1.11 bits per heavy atom. The monoisotopic (exact) mass is 406 g/mol. The number of imidazole rings is 1. The summed E-state index contributed by atoms with van der Waals surface area (Å²) in [5.41, 5.74) is 4.17. The molecule has 5 nitrogen and oxygen atoms in total. The Hall–Kier alpha value is -2.90. The van der Waals surface area contributed by atoms with Gasteiger partial charge in [-0.2, -0.15) is 0 Å². The van der Waals surface area contributed by atoms with Gasteiger partial charge < -0.3 is 10.3 Å². The zero-order valence-electron chi connectivity index (χ0n) is 15.2. The summed E-state index contributed by atoms with van der Waals surface area (Å²) in [6, 6.07) is 18.3. The van der Waals surface area contributed by atoms with E-state index >= 15 is 0 Å². The number of thiazole rings is 1. The molecule has 2 aromatic heterocycles. The average Bonchev–Trinajstić information content (AvgIpc) is 3.38. The molecule has 2 heterocycles. The number of nitrogens with one attached hydrogen (secondary N) is 2. The molecule has 1 amide bonds. The van der Waals surface area contributed by atoms with E-state index in [0.717, 1.165) is 27.7 Å². The average molecular weight is 407 g/mol. The number of amides is 1. The fraction of sp³-hybridized carbons (Fsp3) is 0.0952. The standard InChI is InChI=1S/C21H18N4OS2/c1-14-7-9-15(10-8-14)18-20(25-19(24-18)16-5-3-2-4-6-16)28-13-17(26)23-21-22-11-12-27-21/h2-12H,13H2,1H3,(H,24,25)(H,22,23,26). The first-order valence-electron chi connectivity index (χ1n) is 8.73. The molecule has 0 atom stereocenters. The van der Waals surface area contributed by atoms with Gasteiger partial charge in [0.05, 0.1) is 11.4 Å². The smallest absolute Gasteiger partial charge is 0.236 e. The van der Waals surface area contributed by atoms with Crippen LogP contribution in [0.5, 0.6) is 0 Å². The van der Waals surface area contributed by atoms with Crippen molar-refractivity contribution in [3.8, 4) is 22.6 Å². The minimum atomic E-state index is -0.0981. The van der Waals surface area contributed by atoms with Crippen molar-refractivity contribution >= 4 is 34.1 Å². The van der Waals surface area contributed by atoms with Crippen molar-refractivity contribution in [2.45, 2.75) is 11.9 Å². The van der Waals surface area contributed by atoms with E-state index in [1.54, 1.807) is 6.20 Å². The van der Waals surface area contributed by atoms with Crippen molar-refractivity contribution in [2.24, 2.45) is 0 Å². The van der Waals surface area contributed by atoms with Gasteiger partial charge >= 0.3 is 0 Å². The Bertz CT molecular complexity index is 1060. The largest absolute Gasteiger partial charge is 0.337 e. The number of H-pyrrole nitrogens is 1. The zero-order chi connectivity index (χ0) is 19.3. The number of carbonyl (C=O) groups excluding carboxylic acids is 1. The summed E-state index contributed by atoms with van der Waals surface area (Å²) in [5.74, 6) is 0.954. The lowest BCUT2D eigenvalue weighted by molar-refractivity contribution is -0.113. The second kappa shape index (κ2) is 8.41. The van der Waals surface area contributed by atoms with Crippen LogP contribution >= 0.6 is 23.1 Å². The molecule has 0 radical (unpaired) electrons. The number of anilines is 1. The van der Waals surface area contributed by atoms with Crippen molar-refractivity contribution in [3.05, 3.63) is 71.7 Å². The second-order valence-electron chi connectivity index (χ2n) is 6.17. The molecule has 0 fully saturated rings. The number of hydrogen-bond acceptors (Lipinski definition) is 5. The maximum Gasteiger partial charge on any atom is 0.236 e. The van der Waals surface area contributed by atoms with Crippen LogP contribution in [0.4, 0.5) is 5.13 Å². The first-order valence-corrected chi connectivity index (χ1v) is 10.6. The normalized spacial score (nSPS) is 10.8. The van der Waals surface area contributed by atoms with E-state index in [0.29, 0.717) is 5.13 Å². The van der Waals surface area contributed by atoms with E-state index in [4.69, 9.17) is 4.98 Å². The van der Waals surface area contributed by atoms with E-state index in [1.165, 1.54) is 28.7 Å². The Morgan fingerprint density at radius 3 is 2.61 bits per heavy atom. The predicted octanol–water partition coefficient (Wildman–Crippen LogP) is 5.24. The third-order valence-corrected chi connectivity index (χ3v) is 5.74. The molecule has 4 aromatic rings. The van der Waals surface area contributed by atoms with Crippen molar-refractivity contribution in [1.82, 2.24) is 15.0 Å². The van der Waals surface area contributed by atoms with E-state index in [-0.39, 0.29) is 11.7 Å². The van der Waals surface area contributed by atoms with Crippen LogP contribution in [0.3, 0.4) is 0 Å². The molecular weight excluding hydrogens is 388 g/mol. The number of thioether (sulfide) groups is 1. The van der Waals surface area contributed by atoms with Crippen LogP contribution in [0.2, 0.25) is 0 Å². The predicted molar refractivity (Wildman–Crippen MR) is 116 cm³/mol. The third kappa shape index (κ3) is 4.32. The van der Waals surface area contributed by atoms with Crippen molar-refractivity contribution < 1.29 is 4.79 Å². The van der Waals surface area contributed by atoms with Crippen LogP contribution in [0, 0.1) is 6.92 Å². The van der Waals surface area contributed by atoms with Gasteiger partial charge in [-0.15, -0.1) is 11.3 Å². The molecule has 28 heavy (non-hydrogen) atoms. The molecule has 0 bridgehead atoms. The molecule has 4 rings (SSSR count). The summed E-state index contributed by atoms with van der Waals surface area (Å²) < 4.78 is 0. The molecule has 140 valence electrons. The number of rotatable bonds is 6. The van der Waals surface area contributed by atoms with Crippen molar-refractivity contribution in [1.29, 1.82) is 0 Å². The fourth-order valence-corrected chi connectivity index (χ4v) is 4.04. The van der Waals surface area contributed by atoms with Crippen LogP contribution in [-0.2, 0) is 4.79 Å². The lowest BCUT2D eigenvalue weighted by atomic mass is 10.1. The maximum absolute atomic E-state index is 12.2. The molecule has 0 spiro atoms. The van der Waals surface area contributed by atoms with Crippen LogP contribution in [0.1, 0.15) is 5.56 Å². The summed E-state index contributed by atoms with van der Waals surface area (Å²) in [6.45, 7) is 2.06. The quantitative estimate of drug-likeness (QED) is 0.430. The number of aromatic amines is 1. The summed E-state index contributed by atoms with van der Waals surface area (Å²) >= 11 is 2.82. The lowest BCUT2D eigenvalue weighted by Crippen LogP contribution is -2.13. The molecule has 0 saturated carbocycles. The van der Waals surface area contributed by atoms with E-state index < -0.39 is 0 Å². The van der Waals surface area contributed by atoms with Crippen LogP contribution < -0.4 is 5.32 Å². The molecule has 0 aliphatic rings. The fourth-order valence-electron chi connectivity index (χ4n) is 2.68. The SMILES string of the molecule is Cc1ccc(-c2[nH]c(-c3ccccc3)nc2SCC(=O)Nc2nccs2)cc1. The molecule has 0 saturated heterocycles. The Balaban J connectivity index is 1.59. The number of benzene rings is 2. The van der Waals surface area contributed by atoms with Crippen LogP contribution in [-0.4, -0.2) is 26.6 Å². The topological polar surface area (TPSA) is 70.7 Å². The highest BCUT2D eigenvalue weighted by Crippen LogP contribution is 2.32. The van der Waals surface area contributed by atoms with Gasteiger partial charge in [0.15, 0.2) is 5.13 Å². The van der Waals surface area contributed by atoms with E-state index in [1.807, 2.05) is 35.7 Å². The first kappa shape index (κ1) is 18.5. The number of aromatic nitrogens is 3. The van der Waals surface area contributed by atoms with Gasteiger partial charge in [0.2, 0.25) is 5.91 Å². The van der Waals surface area contributed by atoms with Gasteiger partial charge in [0, 0.05) is 22.7 Å². The van der Waals surface area contributed by atoms with Gasteiger partial charge in [-0.1, -0.05) is 71.9 Å². The van der Waals surface area contributed by atoms with Crippen molar-refractivity contribution in [2.75, 3.05) is 11.1 Å². The van der Waals surface area contributed by atoms with Crippen molar-refractivity contribution in [3.63, 3.8) is 0 Å². The van der Waals surface area contributed by atoms with Gasteiger partial charge in [-0.3, -0.25) is 4.79 Å². The Kier molecular flexibility index (Phi) is 5.55. The highest BCUT2D eigenvalue weighted by molar-refractivity contribution is 8.00. The minimum absolute atomic E-state index is 0.0981. The summed E-state index contributed by atoms with van der Waals surface area (Å²) in [7, 11) is 0. The Morgan fingerprint density at radius 2 is 1.89 bits per heavy atom. The van der Waals surface area contributed by atoms with E-state index in [2.05, 4.69) is 46.5 Å². The number of hydrogen-bond donors (Lipinski definition) is 2. The first-order chi connectivity index (χ1) is 13.7. The Labute approximate surface area is 171 Å². The minimum Gasteiger partial charge on any atom is -0.337 e.